The molecule has 0 aromatic rings. The van der Waals surface area contributed by atoms with Gasteiger partial charge in [-0.1, -0.05) is 6.42 Å². The number of likely N-dealkylation sites (tertiary alicyclic amines) is 2. The van der Waals surface area contributed by atoms with Gasteiger partial charge in [-0.15, -0.1) is 0 Å². The number of piperidine rings is 1. The number of nitrogens with one attached hydrogen (secondary N) is 1. The fourth-order valence-electron chi connectivity index (χ4n) is 3.21. The Labute approximate surface area is 111 Å². The van der Waals surface area contributed by atoms with E-state index in [1.54, 1.807) is 0 Å². The molecular formula is C14H27N3O. The zero-order valence-electron chi connectivity index (χ0n) is 11.8. The molecule has 2 aliphatic heterocycles. The van der Waals surface area contributed by atoms with Crippen LogP contribution in [-0.2, 0) is 4.79 Å². The first-order valence-corrected chi connectivity index (χ1v) is 7.41. The molecule has 2 saturated heterocycles. The van der Waals surface area contributed by atoms with Gasteiger partial charge in [0.25, 0.3) is 0 Å². The van der Waals surface area contributed by atoms with Gasteiger partial charge in [-0.2, -0.15) is 0 Å². The van der Waals surface area contributed by atoms with Crippen molar-refractivity contribution in [2.45, 2.75) is 51.1 Å². The van der Waals surface area contributed by atoms with Gasteiger partial charge in [-0.05, 0) is 46.2 Å². The van der Waals surface area contributed by atoms with Crippen molar-refractivity contribution in [2.75, 3.05) is 33.2 Å². The Hall–Kier alpha value is -0.610. The van der Waals surface area contributed by atoms with Crippen molar-refractivity contribution in [1.29, 1.82) is 0 Å². The van der Waals surface area contributed by atoms with Crippen molar-refractivity contribution in [3.63, 3.8) is 0 Å². The van der Waals surface area contributed by atoms with E-state index in [1.165, 1.54) is 32.1 Å². The van der Waals surface area contributed by atoms with Crippen LogP contribution in [0.25, 0.3) is 0 Å². The average molecular weight is 253 g/mol. The van der Waals surface area contributed by atoms with Crippen molar-refractivity contribution in [2.24, 2.45) is 0 Å². The molecule has 4 nitrogen and oxygen atoms in total. The van der Waals surface area contributed by atoms with Crippen molar-refractivity contribution in [3.8, 4) is 0 Å². The fourth-order valence-corrected chi connectivity index (χ4v) is 3.21. The maximum absolute atomic E-state index is 12.2. The van der Waals surface area contributed by atoms with Gasteiger partial charge < -0.3 is 10.2 Å². The topological polar surface area (TPSA) is 35.6 Å². The molecule has 2 fully saturated rings. The summed E-state index contributed by atoms with van der Waals surface area (Å²) in [5.41, 5.74) is 0. The van der Waals surface area contributed by atoms with Crippen LogP contribution < -0.4 is 5.32 Å². The summed E-state index contributed by atoms with van der Waals surface area (Å²) in [6.07, 6.45) is 6.12. The molecule has 0 aromatic carbocycles. The van der Waals surface area contributed by atoms with Crippen LogP contribution in [0.3, 0.4) is 0 Å². The minimum Gasteiger partial charge on any atom is -0.342 e. The lowest BCUT2D eigenvalue weighted by atomic mass is 9.96. The highest BCUT2D eigenvalue weighted by molar-refractivity contribution is 5.78. The van der Waals surface area contributed by atoms with E-state index in [0.29, 0.717) is 24.5 Å². The predicted molar refractivity (Wildman–Crippen MR) is 73.5 cm³/mol. The lowest BCUT2D eigenvalue weighted by Crippen LogP contribution is -2.53. The quantitative estimate of drug-likeness (QED) is 0.814. The summed E-state index contributed by atoms with van der Waals surface area (Å²) in [5, 5.41) is 3.34. The van der Waals surface area contributed by atoms with E-state index in [1.807, 2.05) is 11.9 Å². The highest BCUT2D eigenvalue weighted by Crippen LogP contribution is 2.20. The summed E-state index contributed by atoms with van der Waals surface area (Å²) in [7, 11) is 2.01. The van der Waals surface area contributed by atoms with E-state index < -0.39 is 0 Å². The van der Waals surface area contributed by atoms with Crippen LogP contribution in [0.15, 0.2) is 0 Å². The second kappa shape index (κ2) is 6.53. The number of rotatable bonds is 4. The molecule has 2 rings (SSSR count). The first-order valence-electron chi connectivity index (χ1n) is 7.41. The van der Waals surface area contributed by atoms with Gasteiger partial charge in [0, 0.05) is 25.2 Å². The molecule has 1 N–H and O–H groups in total. The number of nitrogens with zero attached hydrogens (tertiary/aromatic N) is 2. The van der Waals surface area contributed by atoms with Crippen LogP contribution in [0.5, 0.6) is 0 Å². The Morgan fingerprint density at radius 2 is 1.89 bits per heavy atom. The minimum atomic E-state index is 0.336. The summed E-state index contributed by atoms with van der Waals surface area (Å²) >= 11 is 0. The standard InChI is InChI=1S/C14H27N3O/c1-12(15-2)13-7-3-4-10-17(13)11-14(18)16-8-5-6-9-16/h12-13,15H,3-11H2,1-2H3. The number of carbonyl (C=O) groups is 1. The molecule has 2 unspecified atom stereocenters. The minimum absolute atomic E-state index is 0.336. The Morgan fingerprint density at radius 3 is 2.56 bits per heavy atom. The predicted octanol–water partition coefficient (Wildman–Crippen LogP) is 1.07. The summed E-state index contributed by atoms with van der Waals surface area (Å²) in [6.45, 7) is 5.87. The van der Waals surface area contributed by atoms with E-state index in [0.717, 1.165) is 19.6 Å². The number of carbonyl (C=O) groups excluding carboxylic acids is 1. The van der Waals surface area contributed by atoms with E-state index in [-0.39, 0.29) is 0 Å². The second-order valence-corrected chi connectivity index (χ2v) is 5.70. The molecule has 0 aromatic heterocycles. The van der Waals surface area contributed by atoms with Gasteiger partial charge in [0.1, 0.15) is 0 Å². The third kappa shape index (κ3) is 3.23. The normalized spacial score (nSPS) is 27.4. The summed E-state index contributed by atoms with van der Waals surface area (Å²) in [5.74, 6) is 0.336. The Bertz CT molecular complexity index is 276. The largest absolute Gasteiger partial charge is 0.342 e. The number of likely N-dealkylation sites (N-methyl/N-ethyl adjacent to an activating group) is 1. The molecule has 2 aliphatic rings. The van der Waals surface area contributed by atoms with E-state index in [2.05, 4.69) is 17.1 Å². The van der Waals surface area contributed by atoms with Crippen LogP contribution in [0.1, 0.15) is 39.0 Å². The van der Waals surface area contributed by atoms with Crippen LogP contribution in [0.2, 0.25) is 0 Å². The SMILES string of the molecule is CNC(C)C1CCCCN1CC(=O)N1CCCC1. The molecule has 0 spiro atoms. The van der Waals surface area contributed by atoms with Crippen molar-refractivity contribution in [3.05, 3.63) is 0 Å². The van der Waals surface area contributed by atoms with Gasteiger partial charge in [-0.25, -0.2) is 0 Å². The second-order valence-electron chi connectivity index (χ2n) is 5.70. The van der Waals surface area contributed by atoms with Gasteiger partial charge >= 0.3 is 0 Å². The van der Waals surface area contributed by atoms with Crippen molar-refractivity contribution < 1.29 is 4.79 Å². The molecule has 0 radical (unpaired) electrons. The molecular weight excluding hydrogens is 226 g/mol. The van der Waals surface area contributed by atoms with Crippen LogP contribution in [0.4, 0.5) is 0 Å². The maximum Gasteiger partial charge on any atom is 0.236 e. The Balaban J connectivity index is 1.90. The van der Waals surface area contributed by atoms with E-state index in [4.69, 9.17) is 0 Å². The monoisotopic (exact) mass is 253 g/mol. The molecule has 104 valence electrons. The highest BCUT2D eigenvalue weighted by atomic mass is 16.2. The summed E-state index contributed by atoms with van der Waals surface area (Å²) in [6, 6.07) is 0.993. The average Bonchev–Trinajstić information content (AvgIpc) is 2.92. The lowest BCUT2D eigenvalue weighted by Gasteiger charge is -2.39. The molecule has 2 atom stereocenters. The third-order valence-electron chi connectivity index (χ3n) is 4.49. The highest BCUT2D eigenvalue weighted by Gasteiger charge is 2.29. The Morgan fingerprint density at radius 1 is 1.22 bits per heavy atom. The fraction of sp³-hybridized carbons (Fsp3) is 0.929. The first-order chi connectivity index (χ1) is 8.72. The Kier molecular flexibility index (Phi) is 5.01. The molecule has 18 heavy (non-hydrogen) atoms. The number of hydrogen-bond acceptors (Lipinski definition) is 3. The smallest absolute Gasteiger partial charge is 0.236 e. The maximum atomic E-state index is 12.2. The van der Waals surface area contributed by atoms with Crippen molar-refractivity contribution >= 4 is 5.91 Å². The van der Waals surface area contributed by atoms with Crippen molar-refractivity contribution in [1.82, 2.24) is 15.1 Å². The van der Waals surface area contributed by atoms with Crippen LogP contribution in [0, 0.1) is 0 Å². The summed E-state index contributed by atoms with van der Waals surface area (Å²) in [4.78, 5) is 16.7. The molecule has 0 bridgehead atoms. The number of amides is 1. The molecule has 1 amide bonds. The zero-order chi connectivity index (χ0) is 13.0. The van der Waals surface area contributed by atoms with Crippen LogP contribution >= 0.6 is 0 Å². The molecule has 2 heterocycles. The van der Waals surface area contributed by atoms with Gasteiger partial charge in [-0.3, -0.25) is 9.69 Å². The summed E-state index contributed by atoms with van der Waals surface area (Å²) < 4.78 is 0. The van der Waals surface area contributed by atoms with E-state index >= 15 is 0 Å². The van der Waals surface area contributed by atoms with Gasteiger partial charge in [0.05, 0.1) is 6.54 Å². The number of hydrogen-bond donors (Lipinski definition) is 1. The van der Waals surface area contributed by atoms with Gasteiger partial charge in [0.15, 0.2) is 0 Å². The molecule has 0 aliphatic carbocycles. The first kappa shape index (κ1) is 13.8. The molecule has 4 heteroatoms. The van der Waals surface area contributed by atoms with E-state index in [9.17, 15) is 4.79 Å². The molecule has 0 saturated carbocycles. The third-order valence-corrected chi connectivity index (χ3v) is 4.49. The van der Waals surface area contributed by atoms with Gasteiger partial charge in [0.2, 0.25) is 5.91 Å². The zero-order valence-corrected chi connectivity index (χ0v) is 11.8. The lowest BCUT2D eigenvalue weighted by molar-refractivity contribution is -0.132. The van der Waals surface area contributed by atoms with Crippen LogP contribution in [-0.4, -0.2) is 61.0 Å².